The Hall–Kier alpha value is -2.47. The standard InChI is InChI=1S/C20H25N5O/c26-18(7-6-14-4-2-1-3-5-14)16-10-15(11-16)8-9-21-19-17-12-24-25-20(17)23-13-22-19/h1-5,12-13,15-16,18,26H,6-11H2,(H2,21,22,23,24,25). The Labute approximate surface area is 153 Å². The van der Waals surface area contributed by atoms with Gasteiger partial charge in [-0.05, 0) is 49.5 Å². The molecular weight excluding hydrogens is 326 g/mol. The molecule has 2 heterocycles. The normalized spacial score (nSPS) is 20.7. The van der Waals surface area contributed by atoms with Gasteiger partial charge in [-0.2, -0.15) is 5.10 Å². The van der Waals surface area contributed by atoms with Crippen LogP contribution in [0.3, 0.4) is 0 Å². The molecule has 1 aliphatic rings. The lowest BCUT2D eigenvalue weighted by Gasteiger charge is -2.38. The second kappa shape index (κ2) is 7.83. The summed E-state index contributed by atoms with van der Waals surface area (Å²) in [5, 5.41) is 21.6. The van der Waals surface area contributed by atoms with Gasteiger partial charge in [0.25, 0.3) is 0 Å². The SMILES string of the molecule is OC(CCc1ccccc1)C1CC(CCNc2ncnc3[nH]ncc23)C1. The number of nitrogens with zero attached hydrogens (tertiary/aromatic N) is 3. The van der Waals surface area contributed by atoms with Crippen LogP contribution in [-0.4, -0.2) is 37.9 Å². The molecule has 3 N–H and O–H groups in total. The Morgan fingerprint density at radius 1 is 1.19 bits per heavy atom. The highest BCUT2D eigenvalue weighted by atomic mass is 16.3. The van der Waals surface area contributed by atoms with Gasteiger partial charge >= 0.3 is 0 Å². The Balaban J connectivity index is 1.17. The van der Waals surface area contributed by atoms with Crippen LogP contribution in [0, 0.1) is 11.8 Å². The second-order valence-electron chi connectivity index (χ2n) is 7.26. The molecule has 1 unspecified atom stereocenters. The smallest absolute Gasteiger partial charge is 0.160 e. The van der Waals surface area contributed by atoms with E-state index in [0.717, 1.165) is 55.5 Å². The molecule has 0 spiro atoms. The molecule has 136 valence electrons. The van der Waals surface area contributed by atoms with Gasteiger partial charge < -0.3 is 10.4 Å². The van der Waals surface area contributed by atoms with Crippen molar-refractivity contribution in [2.75, 3.05) is 11.9 Å². The molecule has 4 rings (SSSR count). The van der Waals surface area contributed by atoms with Crippen molar-refractivity contribution in [2.45, 2.75) is 38.2 Å². The van der Waals surface area contributed by atoms with Crippen LogP contribution >= 0.6 is 0 Å². The summed E-state index contributed by atoms with van der Waals surface area (Å²) in [6, 6.07) is 10.4. The van der Waals surface area contributed by atoms with Gasteiger partial charge in [-0.15, -0.1) is 0 Å². The average molecular weight is 351 g/mol. The zero-order valence-electron chi connectivity index (χ0n) is 14.8. The molecule has 1 aliphatic carbocycles. The Morgan fingerprint density at radius 2 is 2.04 bits per heavy atom. The van der Waals surface area contributed by atoms with Crippen LogP contribution in [-0.2, 0) is 6.42 Å². The summed E-state index contributed by atoms with van der Waals surface area (Å²) in [5.41, 5.74) is 2.06. The highest BCUT2D eigenvalue weighted by Gasteiger charge is 2.33. The van der Waals surface area contributed by atoms with Crippen LogP contribution in [0.15, 0.2) is 42.9 Å². The van der Waals surface area contributed by atoms with E-state index in [0.29, 0.717) is 11.8 Å². The first-order valence-electron chi connectivity index (χ1n) is 9.39. The first-order chi connectivity index (χ1) is 12.8. The lowest BCUT2D eigenvalue weighted by Crippen LogP contribution is -2.34. The largest absolute Gasteiger partial charge is 0.393 e. The summed E-state index contributed by atoms with van der Waals surface area (Å²) >= 11 is 0. The van der Waals surface area contributed by atoms with Crippen LogP contribution in [0.5, 0.6) is 0 Å². The molecule has 0 amide bonds. The van der Waals surface area contributed by atoms with E-state index < -0.39 is 0 Å². The minimum absolute atomic E-state index is 0.174. The number of aryl methyl sites for hydroxylation is 1. The van der Waals surface area contributed by atoms with Crippen molar-refractivity contribution in [1.29, 1.82) is 0 Å². The van der Waals surface area contributed by atoms with Gasteiger partial charge in [0.15, 0.2) is 5.65 Å². The first-order valence-corrected chi connectivity index (χ1v) is 9.39. The molecule has 0 saturated heterocycles. The van der Waals surface area contributed by atoms with Gasteiger partial charge in [0.1, 0.15) is 12.1 Å². The number of anilines is 1. The third kappa shape index (κ3) is 3.85. The predicted molar refractivity (Wildman–Crippen MR) is 102 cm³/mol. The third-order valence-electron chi connectivity index (χ3n) is 5.48. The number of nitrogens with one attached hydrogen (secondary N) is 2. The van der Waals surface area contributed by atoms with Gasteiger partial charge in [-0.3, -0.25) is 5.10 Å². The van der Waals surface area contributed by atoms with E-state index in [-0.39, 0.29) is 6.10 Å². The minimum Gasteiger partial charge on any atom is -0.393 e. The molecule has 0 radical (unpaired) electrons. The number of aromatic nitrogens is 4. The molecule has 0 bridgehead atoms. The van der Waals surface area contributed by atoms with Crippen molar-refractivity contribution in [1.82, 2.24) is 20.2 Å². The molecule has 1 fully saturated rings. The fraction of sp³-hybridized carbons (Fsp3) is 0.450. The molecule has 6 nitrogen and oxygen atoms in total. The number of aromatic amines is 1. The molecule has 1 atom stereocenters. The lowest BCUT2D eigenvalue weighted by atomic mass is 9.70. The maximum atomic E-state index is 10.4. The van der Waals surface area contributed by atoms with Crippen LogP contribution in [0.1, 0.15) is 31.2 Å². The topological polar surface area (TPSA) is 86.7 Å². The maximum Gasteiger partial charge on any atom is 0.160 e. The van der Waals surface area contributed by atoms with Gasteiger partial charge in [0, 0.05) is 6.54 Å². The van der Waals surface area contributed by atoms with Crippen LogP contribution < -0.4 is 5.32 Å². The first kappa shape index (κ1) is 17.0. The van der Waals surface area contributed by atoms with Crippen molar-refractivity contribution in [3.05, 3.63) is 48.4 Å². The third-order valence-corrected chi connectivity index (χ3v) is 5.48. The molecule has 1 aromatic carbocycles. The predicted octanol–water partition coefficient (Wildman–Crippen LogP) is 3.17. The number of aliphatic hydroxyl groups is 1. The van der Waals surface area contributed by atoms with E-state index in [4.69, 9.17) is 0 Å². The van der Waals surface area contributed by atoms with Gasteiger partial charge in [-0.25, -0.2) is 9.97 Å². The average Bonchev–Trinajstić information content (AvgIpc) is 3.12. The number of H-pyrrole nitrogens is 1. The molecule has 0 aliphatic heterocycles. The molecule has 2 aromatic heterocycles. The summed E-state index contributed by atoms with van der Waals surface area (Å²) in [7, 11) is 0. The van der Waals surface area contributed by atoms with E-state index >= 15 is 0 Å². The second-order valence-corrected chi connectivity index (χ2v) is 7.26. The van der Waals surface area contributed by atoms with Crippen molar-refractivity contribution in [3.8, 4) is 0 Å². The lowest BCUT2D eigenvalue weighted by molar-refractivity contribution is 0.0210. The van der Waals surface area contributed by atoms with Crippen LogP contribution in [0.4, 0.5) is 5.82 Å². The monoisotopic (exact) mass is 351 g/mol. The van der Waals surface area contributed by atoms with Gasteiger partial charge in [0.2, 0.25) is 0 Å². The molecular formula is C20H25N5O. The van der Waals surface area contributed by atoms with Crippen LogP contribution in [0.2, 0.25) is 0 Å². The molecule has 1 saturated carbocycles. The van der Waals surface area contributed by atoms with E-state index in [1.807, 2.05) is 6.07 Å². The van der Waals surface area contributed by atoms with E-state index in [2.05, 4.69) is 49.7 Å². The number of aliphatic hydroxyl groups excluding tert-OH is 1. The van der Waals surface area contributed by atoms with E-state index in [9.17, 15) is 5.11 Å². The number of benzene rings is 1. The fourth-order valence-corrected chi connectivity index (χ4v) is 3.83. The highest BCUT2D eigenvalue weighted by Crippen LogP contribution is 2.39. The maximum absolute atomic E-state index is 10.4. The summed E-state index contributed by atoms with van der Waals surface area (Å²) in [5.74, 6) is 1.99. The van der Waals surface area contributed by atoms with Crippen molar-refractivity contribution in [2.24, 2.45) is 11.8 Å². The summed E-state index contributed by atoms with van der Waals surface area (Å²) in [6.45, 7) is 0.884. The van der Waals surface area contributed by atoms with E-state index in [1.54, 1.807) is 12.5 Å². The fourth-order valence-electron chi connectivity index (χ4n) is 3.83. The number of fused-ring (bicyclic) bond motifs is 1. The van der Waals surface area contributed by atoms with Gasteiger partial charge in [0.05, 0.1) is 17.7 Å². The summed E-state index contributed by atoms with van der Waals surface area (Å²) in [6.07, 6.45) is 8.30. The molecule has 26 heavy (non-hydrogen) atoms. The summed E-state index contributed by atoms with van der Waals surface area (Å²) < 4.78 is 0. The highest BCUT2D eigenvalue weighted by molar-refractivity contribution is 5.85. The zero-order chi connectivity index (χ0) is 17.8. The Bertz CT molecular complexity index is 828. The zero-order valence-corrected chi connectivity index (χ0v) is 14.8. The number of hydrogen-bond donors (Lipinski definition) is 3. The molecule has 6 heteroatoms. The Kier molecular flexibility index (Phi) is 5.11. The summed E-state index contributed by atoms with van der Waals surface area (Å²) in [4.78, 5) is 8.44. The van der Waals surface area contributed by atoms with Crippen molar-refractivity contribution >= 4 is 16.9 Å². The van der Waals surface area contributed by atoms with E-state index in [1.165, 1.54) is 5.56 Å². The van der Waals surface area contributed by atoms with Crippen molar-refractivity contribution < 1.29 is 5.11 Å². The Morgan fingerprint density at radius 3 is 2.88 bits per heavy atom. The quantitative estimate of drug-likeness (QED) is 0.580. The number of rotatable bonds is 8. The van der Waals surface area contributed by atoms with Gasteiger partial charge in [-0.1, -0.05) is 30.3 Å². The van der Waals surface area contributed by atoms with Crippen LogP contribution in [0.25, 0.3) is 11.0 Å². The molecule has 3 aromatic rings. The van der Waals surface area contributed by atoms with Crippen molar-refractivity contribution in [3.63, 3.8) is 0 Å². The minimum atomic E-state index is -0.174. The number of hydrogen-bond acceptors (Lipinski definition) is 5.